The van der Waals surface area contributed by atoms with Gasteiger partial charge in [-0.2, -0.15) is 0 Å². The molecule has 2 aromatic heterocycles. The molecule has 0 radical (unpaired) electrons. The molecule has 3 heterocycles. The molecule has 1 aliphatic heterocycles. The molecule has 0 amide bonds. The first-order valence-corrected chi connectivity index (χ1v) is 11.8. The zero-order valence-electron chi connectivity index (χ0n) is 20.1. The first kappa shape index (κ1) is 24.4. The SMILES string of the molecule is CCOC(=O)CN1C(=S)N[C@@H](c2ccccn2)[C@@H]1c1cc(C)n(-c2cc(C(=O)O)ccc2C)c1C. The maximum Gasteiger partial charge on any atom is 0.335 e. The molecule has 1 aliphatic rings. The van der Waals surface area contributed by atoms with Gasteiger partial charge in [0.2, 0.25) is 0 Å². The fourth-order valence-corrected chi connectivity index (χ4v) is 5.01. The molecule has 0 spiro atoms. The summed E-state index contributed by atoms with van der Waals surface area (Å²) in [6, 6.07) is 12.3. The molecule has 4 rings (SSSR count). The van der Waals surface area contributed by atoms with Gasteiger partial charge in [-0.1, -0.05) is 12.1 Å². The summed E-state index contributed by atoms with van der Waals surface area (Å²) >= 11 is 5.65. The van der Waals surface area contributed by atoms with Gasteiger partial charge in [0.05, 0.1) is 29.9 Å². The van der Waals surface area contributed by atoms with E-state index >= 15 is 0 Å². The van der Waals surface area contributed by atoms with Crippen LogP contribution in [0.15, 0.2) is 48.7 Å². The largest absolute Gasteiger partial charge is 0.478 e. The van der Waals surface area contributed by atoms with Crippen molar-refractivity contribution in [3.05, 3.63) is 82.4 Å². The van der Waals surface area contributed by atoms with E-state index in [-0.39, 0.29) is 36.8 Å². The van der Waals surface area contributed by atoms with E-state index in [1.807, 2.05) is 49.9 Å². The predicted molar refractivity (Wildman–Crippen MR) is 136 cm³/mol. The van der Waals surface area contributed by atoms with Crippen LogP contribution in [-0.2, 0) is 9.53 Å². The molecule has 2 N–H and O–H groups in total. The summed E-state index contributed by atoms with van der Waals surface area (Å²) in [4.78, 5) is 30.5. The molecule has 0 saturated carbocycles. The van der Waals surface area contributed by atoms with Gasteiger partial charge in [-0.05, 0) is 81.4 Å². The zero-order valence-corrected chi connectivity index (χ0v) is 20.9. The number of hydrogen-bond acceptors (Lipinski definition) is 5. The number of rotatable bonds is 7. The van der Waals surface area contributed by atoms with Crippen LogP contribution in [0.5, 0.6) is 0 Å². The van der Waals surface area contributed by atoms with E-state index < -0.39 is 5.97 Å². The van der Waals surface area contributed by atoms with Gasteiger partial charge in [-0.25, -0.2) is 4.79 Å². The molecular formula is C26H28N4O4S. The minimum absolute atomic E-state index is 0.00483. The lowest BCUT2D eigenvalue weighted by Crippen LogP contribution is -2.35. The number of nitrogens with one attached hydrogen (secondary N) is 1. The van der Waals surface area contributed by atoms with Crippen molar-refractivity contribution >= 4 is 29.3 Å². The van der Waals surface area contributed by atoms with E-state index in [2.05, 4.69) is 20.9 Å². The molecule has 9 heteroatoms. The van der Waals surface area contributed by atoms with E-state index in [1.165, 1.54) is 0 Å². The number of carboxylic acid groups (broad SMARTS) is 1. The quantitative estimate of drug-likeness (QED) is 0.377. The second-order valence-electron chi connectivity index (χ2n) is 8.53. The van der Waals surface area contributed by atoms with Crippen LogP contribution in [0.1, 0.15) is 57.6 Å². The van der Waals surface area contributed by atoms with Gasteiger partial charge in [-0.15, -0.1) is 0 Å². The van der Waals surface area contributed by atoms with Gasteiger partial charge in [0, 0.05) is 23.3 Å². The highest BCUT2D eigenvalue weighted by Gasteiger charge is 2.42. The van der Waals surface area contributed by atoms with Gasteiger partial charge in [0.25, 0.3) is 0 Å². The topological polar surface area (TPSA) is 96.7 Å². The summed E-state index contributed by atoms with van der Waals surface area (Å²) in [5.74, 6) is -1.34. The second-order valence-corrected chi connectivity index (χ2v) is 8.91. The maximum atomic E-state index is 12.5. The van der Waals surface area contributed by atoms with E-state index in [4.69, 9.17) is 17.0 Å². The Balaban J connectivity index is 1.85. The Kier molecular flexibility index (Phi) is 6.88. The number of carboxylic acids is 1. The molecule has 1 saturated heterocycles. The fraction of sp³-hybridized carbons (Fsp3) is 0.308. The molecule has 8 nitrogen and oxygen atoms in total. The number of thiocarbonyl (C=S) groups is 1. The van der Waals surface area contributed by atoms with Gasteiger partial charge < -0.3 is 24.6 Å². The number of hydrogen-bond donors (Lipinski definition) is 2. The van der Waals surface area contributed by atoms with Crippen molar-refractivity contribution in [3.63, 3.8) is 0 Å². The lowest BCUT2D eigenvalue weighted by Gasteiger charge is -2.27. The number of esters is 1. The molecule has 0 aliphatic carbocycles. The second kappa shape index (κ2) is 9.87. The number of aryl methyl sites for hydroxylation is 2. The monoisotopic (exact) mass is 492 g/mol. The number of ether oxygens (including phenoxy) is 1. The standard InChI is InChI=1S/C26H28N4O4S/c1-5-34-22(31)14-29-24(23(28-26(29)35)20-8-6-7-11-27-20)19-12-16(3)30(17(19)4)21-13-18(25(32)33)10-9-15(21)2/h6-13,23-24H,5,14H2,1-4H3,(H,28,35)(H,32,33)/t23-,24-/m0/s1. The summed E-state index contributed by atoms with van der Waals surface area (Å²) in [7, 11) is 0. The Morgan fingerprint density at radius 3 is 2.60 bits per heavy atom. The van der Waals surface area contributed by atoms with E-state index in [0.29, 0.717) is 5.11 Å². The van der Waals surface area contributed by atoms with Crippen LogP contribution in [0.3, 0.4) is 0 Å². The smallest absolute Gasteiger partial charge is 0.335 e. The summed E-state index contributed by atoms with van der Waals surface area (Å²) in [5.41, 5.74) is 5.61. The summed E-state index contributed by atoms with van der Waals surface area (Å²) in [6.45, 7) is 7.99. The van der Waals surface area contributed by atoms with Crippen LogP contribution < -0.4 is 5.32 Å². The maximum absolute atomic E-state index is 12.5. The molecule has 3 aromatic rings. The van der Waals surface area contributed by atoms with Crippen molar-refractivity contribution in [1.82, 2.24) is 19.8 Å². The Bertz CT molecular complexity index is 1290. The number of aromatic carboxylic acids is 1. The van der Waals surface area contributed by atoms with Crippen molar-refractivity contribution in [3.8, 4) is 5.69 Å². The van der Waals surface area contributed by atoms with E-state index in [0.717, 1.165) is 33.9 Å². The Labute approximate surface area is 209 Å². The highest BCUT2D eigenvalue weighted by atomic mass is 32.1. The number of carbonyl (C=O) groups is 2. The Hall–Kier alpha value is -3.72. The molecule has 1 aromatic carbocycles. The van der Waals surface area contributed by atoms with Crippen molar-refractivity contribution in [2.45, 2.75) is 39.8 Å². The molecule has 35 heavy (non-hydrogen) atoms. The third-order valence-corrected chi connectivity index (χ3v) is 6.64. The fourth-order valence-electron chi connectivity index (χ4n) is 4.70. The third-order valence-electron chi connectivity index (χ3n) is 6.29. The van der Waals surface area contributed by atoms with Gasteiger partial charge in [0.15, 0.2) is 5.11 Å². The lowest BCUT2D eigenvalue weighted by atomic mass is 9.96. The summed E-state index contributed by atoms with van der Waals surface area (Å²) < 4.78 is 7.26. The number of carbonyl (C=O) groups excluding carboxylic acids is 1. The number of aromatic nitrogens is 2. The van der Waals surface area contributed by atoms with Crippen molar-refractivity contribution in [1.29, 1.82) is 0 Å². The average Bonchev–Trinajstić information content (AvgIpc) is 3.30. The van der Waals surface area contributed by atoms with Crippen molar-refractivity contribution in [2.24, 2.45) is 0 Å². The average molecular weight is 493 g/mol. The normalized spacial score (nSPS) is 17.4. The minimum atomic E-state index is -0.977. The molecule has 0 bridgehead atoms. The Morgan fingerprint density at radius 2 is 1.94 bits per heavy atom. The van der Waals surface area contributed by atoms with Crippen LogP contribution in [0.25, 0.3) is 5.69 Å². The number of pyridine rings is 1. The minimum Gasteiger partial charge on any atom is -0.478 e. The highest BCUT2D eigenvalue weighted by Crippen LogP contribution is 2.41. The number of nitrogens with zero attached hydrogens (tertiary/aromatic N) is 3. The van der Waals surface area contributed by atoms with Crippen LogP contribution in [0.2, 0.25) is 0 Å². The number of benzene rings is 1. The van der Waals surface area contributed by atoms with Crippen LogP contribution in [-0.4, -0.2) is 49.8 Å². The molecule has 2 atom stereocenters. The molecule has 182 valence electrons. The van der Waals surface area contributed by atoms with Gasteiger partial charge in [-0.3, -0.25) is 9.78 Å². The first-order valence-electron chi connectivity index (χ1n) is 11.4. The first-order chi connectivity index (χ1) is 16.7. The summed E-state index contributed by atoms with van der Waals surface area (Å²) in [6.07, 6.45) is 1.73. The Morgan fingerprint density at radius 1 is 1.17 bits per heavy atom. The van der Waals surface area contributed by atoms with E-state index in [9.17, 15) is 14.7 Å². The van der Waals surface area contributed by atoms with Gasteiger partial charge >= 0.3 is 11.9 Å². The van der Waals surface area contributed by atoms with Gasteiger partial charge in [0.1, 0.15) is 6.54 Å². The van der Waals surface area contributed by atoms with Crippen molar-refractivity contribution in [2.75, 3.05) is 13.2 Å². The van der Waals surface area contributed by atoms with Crippen LogP contribution in [0, 0.1) is 20.8 Å². The highest BCUT2D eigenvalue weighted by molar-refractivity contribution is 7.80. The van der Waals surface area contributed by atoms with Crippen LogP contribution >= 0.6 is 12.2 Å². The summed E-state index contributed by atoms with van der Waals surface area (Å²) in [5, 5.41) is 13.3. The molecular weight excluding hydrogens is 464 g/mol. The third kappa shape index (κ3) is 4.64. The predicted octanol–water partition coefficient (Wildman–Crippen LogP) is 4.03. The molecule has 0 unspecified atom stereocenters. The van der Waals surface area contributed by atoms with E-state index in [1.54, 1.807) is 25.3 Å². The van der Waals surface area contributed by atoms with Crippen molar-refractivity contribution < 1.29 is 19.4 Å². The van der Waals surface area contributed by atoms with Crippen LogP contribution in [0.4, 0.5) is 0 Å². The lowest BCUT2D eigenvalue weighted by molar-refractivity contribution is -0.143. The zero-order chi connectivity index (χ0) is 25.3. The molecule has 1 fully saturated rings.